The number of hydrogen-bond acceptors (Lipinski definition) is 3. The van der Waals surface area contributed by atoms with Gasteiger partial charge in [0.05, 0.1) is 0 Å². The number of nitrogens with one attached hydrogen (secondary N) is 2. The van der Waals surface area contributed by atoms with Crippen molar-refractivity contribution in [2.75, 3.05) is 29.9 Å². The van der Waals surface area contributed by atoms with Crippen LogP contribution < -0.4 is 21.3 Å². The van der Waals surface area contributed by atoms with Crippen molar-refractivity contribution >= 4 is 23.3 Å². The number of piperidine rings is 1. The number of urea groups is 1. The van der Waals surface area contributed by atoms with Gasteiger partial charge in [0, 0.05) is 37.4 Å². The van der Waals surface area contributed by atoms with Crippen LogP contribution in [0, 0.1) is 0 Å². The Morgan fingerprint density at radius 2 is 1.71 bits per heavy atom. The summed E-state index contributed by atoms with van der Waals surface area (Å²) in [6.45, 7) is 2.81. The maximum Gasteiger partial charge on any atom is 0.312 e. The Bertz CT molecular complexity index is 524. The van der Waals surface area contributed by atoms with Gasteiger partial charge in [0.15, 0.2) is 0 Å². The van der Waals surface area contributed by atoms with Crippen LogP contribution in [0.3, 0.4) is 0 Å². The fraction of sp³-hybridized carbons (Fsp3) is 0.556. The molecule has 6 nitrogen and oxygen atoms in total. The van der Waals surface area contributed by atoms with Gasteiger partial charge >= 0.3 is 6.03 Å². The highest BCUT2D eigenvalue weighted by Crippen LogP contribution is 2.21. The molecular formula is C18H28N4O2. The summed E-state index contributed by atoms with van der Waals surface area (Å²) in [4.78, 5) is 24.8. The lowest BCUT2D eigenvalue weighted by atomic mass is 10.1. The second kappa shape index (κ2) is 9.80. The molecule has 1 heterocycles. The maximum atomic E-state index is 11.9. The molecule has 0 spiro atoms. The molecule has 0 radical (unpaired) electrons. The Balaban J connectivity index is 1.65. The molecule has 4 N–H and O–H groups in total. The summed E-state index contributed by atoms with van der Waals surface area (Å²) in [5.74, 6) is 0.0311. The Morgan fingerprint density at radius 1 is 1.00 bits per heavy atom. The van der Waals surface area contributed by atoms with Gasteiger partial charge in [-0.3, -0.25) is 4.79 Å². The number of rotatable bonds is 8. The summed E-state index contributed by atoms with van der Waals surface area (Å²) < 4.78 is 0. The summed E-state index contributed by atoms with van der Waals surface area (Å²) in [5.41, 5.74) is 7.06. The summed E-state index contributed by atoms with van der Waals surface area (Å²) >= 11 is 0. The number of nitrogens with two attached hydrogens (primary N) is 1. The largest absolute Gasteiger partial charge is 0.372 e. The Morgan fingerprint density at radius 3 is 2.38 bits per heavy atom. The molecule has 0 aromatic heterocycles. The third-order valence-electron chi connectivity index (χ3n) is 4.25. The molecule has 1 fully saturated rings. The molecule has 1 saturated heterocycles. The normalized spacial score (nSPS) is 14.2. The molecule has 0 atom stereocenters. The summed E-state index contributed by atoms with van der Waals surface area (Å²) in [6, 6.07) is 7.60. The van der Waals surface area contributed by atoms with E-state index < -0.39 is 6.03 Å². The van der Waals surface area contributed by atoms with Gasteiger partial charge in [0.25, 0.3) is 0 Å². The van der Waals surface area contributed by atoms with Crippen LogP contribution in [0.1, 0.15) is 44.9 Å². The van der Waals surface area contributed by atoms with E-state index in [1.54, 1.807) is 0 Å². The van der Waals surface area contributed by atoms with E-state index in [0.717, 1.165) is 38.0 Å². The minimum Gasteiger partial charge on any atom is -0.372 e. The first kappa shape index (κ1) is 18.1. The fourth-order valence-corrected chi connectivity index (χ4v) is 2.93. The van der Waals surface area contributed by atoms with Gasteiger partial charge < -0.3 is 21.3 Å². The standard InChI is InChI=1S/C18H28N4O2/c19-18(24)20-12-4-1-3-7-17(23)21-15-8-10-16(11-9-15)22-13-5-2-6-14-22/h8-11H,1-7,12-14H2,(H,21,23)(H3,19,20,24). The minimum absolute atomic E-state index is 0.0311. The molecule has 0 aliphatic carbocycles. The van der Waals surface area contributed by atoms with Crippen LogP contribution in [-0.4, -0.2) is 31.6 Å². The number of carbonyl (C=O) groups excluding carboxylic acids is 2. The first-order chi connectivity index (χ1) is 11.6. The van der Waals surface area contributed by atoms with Crippen molar-refractivity contribution in [2.24, 2.45) is 5.73 Å². The molecule has 1 aliphatic heterocycles. The van der Waals surface area contributed by atoms with Gasteiger partial charge in [0.2, 0.25) is 5.91 Å². The number of carbonyl (C=O) groups is 2. The summed E-state index contributed by atoms with van der Waals surface area (Å²) in [7, 11) is 0. The predicted octanol–water partition coefficient (Wildman–Crippen LogP) is 2.84. The lowest BCUT2D eigenvalue weighted by Gasteiger charge is -2.28. The number of anilines is 2. The van der Waals surface area contributed by atoms with Crippen molar-refractivity contribution in [2.45, 2.75) is 44.9 Å². The number of nitrogens with zero attached hydrogens (tertiary/aromatic N) is 1. The molecule has 1 aliphatic rings. The van der Waals surface area contributed by atoms with Crippen molar-refractivity contribution < 1.29 is 9.59 Å². The fourth-order valence-electron chi connectivity index (χ4n) is 2.93. The highest BCUT2D eigenvalue weighted by molar-refractivity contribution is 5.90. The second-order valence-electron chi connectivity index (χ2n) is 6.24. The van der Waals surface area contributed by atoms with Crippen LogP contribution in [0.15, 0.2) is 24.3 Å². The van der Waals surface area contributed by atoms with E-state index in [1.807, 2.05) is 12.1 Å². The SMILES string of the molecule is NC(=O)NCCCCCC(=O)Nc1ccc(N2CCCCC2)cc1. The zero-order valence-electron chi connectivity index (χ0n) is 14.2. The Hall–Kier alpha value is -2.24. The third-order valence-corrected chi connectivity index (χ3v) is 4.25. The predicted molar refractivity (Wildman–Crippen MR) is 97.2 cm³/mol. The summed E-state index contributed by atoms with van der Waals surface area (Å²) in [6.07, 6.45) is 6.86. The molecule has 1 aromatic carbocycles. The highest BCUT2D eigenvalue weighted by Gasteiger charge is 2.10. The van der Waals surface area contributed by atoms with Crippen LogP contribution in [0.25, 0.3) is 0 Å². The number of amides is 3. The van der Waals surface area contributed by atoms with Crippen LogP contribution in [0.2, 0.25) is 0 Å². The average molecular weight is 332 g/mol. The lowest BCUT2D eigenvalue weighted by molar-refractivity contribution is -0.116. The molecule has 1 aromatic rings. The molecule has 6 heteroatoms. The van der Waals surface area contributed by atoms with Crippen LogP contribution in [0.4, 0.5) is 16.2 Å². The van der Waals surface area contributed by atoms with Gasteiger partial charge in [0.1, 0.15) is 0 Å². The molecule has 0 unspecified atom stereocenters. The smallest absolute Gasteiger partial charge is 0.312 e. The van der Waals surface area contributed by atoms with Crippen molar-refractivity contribution in [1.29, 1.82) is 0 Å². The minimum atomic E-state index is -0.499. The molecule has 0 bridgehead atoms. The number of benzene rings is 1. The monoisotopic (exact) mass is 332 g/mol. The van der Waals surface area contributed by atoms with Crippen molar-refractivity contribution in [3.8, 4) is 0 Å². The first-order valence-electron chi connectivity index (χ1n) is 8.83. The van der Waals surface area contributed by atoms with Gasteiger partial charge in [-0.05, 0) is 56.4 Å². The maximum absolute atomic E-state index is 11.9. The van der Waals surface area contributed by atoms with Gasteiger partial charge in [-0.1, -0.05) is 6.42 Å². The van der Waals surface area contributed by atoms with Gasteiger partial charge in [-0.2, -0.15) is 0 Å². The third kappa shape index (κ3) is 6.48. The molecule has 24 heavy (non-hydrogen) atoms. The number of unbranched alkanes of at least 4 members (excludes halogenated alkanes) is 2. The quantitative estimate of drug-likeness (QED) is 0.640. The highest BCUT2D eigenvalue weighted by atomic mass is 16.2. The second-order valence-corrected chi connectivity index (χ2v) is 6.24. The summed E-state index contributed by atoms with van der Waals surface area (Å²) in [5, 5.41) is 5.47. The van der Waals surface area contributed by atoms with Crippen LogP contribution in [0.5, 0.6) is 0 Å². The first-order valence-corrected chi connectivity index (χ1v) is 8.83. The topological polar surface area (TPSA) is 87.5 Å². The van der Waals surface area contributed by atoms with E-state index in [4.69, 9.17) is 5.73 Å². The molecular weight excluding hydrogens is 304 g/mol. The van der Waals surface area contributed by atoms with E-state index in [1.165, 1.54) is 24.9 Å². The zero-order valence-corrected chi connectivity index (χ0v) is 14.2. The van der Waals surface area contributed by atoms with E-state index in [0.29, 0.717) is 13.0 Å². The average Bonchev–Trinajstić information content (AvgIpc) is 2.59. The van der Waals surface area contributed by atoms with Crippen molar-refractivity contribution in [3.05, 3.63) is 24.3 Å². The number of hydrogen-bond donors (Lipinski definition) is 3. The van der Waals surface area contributed by atoms with Gasteiger partial charge in [-0.25, -0.2) is 4.79 Å². The van der Waals surface area contributed by atoms with Crippen molar-refractivity contribution in [1.82, 2.24) is 5.32 Å². The molecule has 3 amide bonds. The lowest BCUT2D eigenvalue weighted by Crippen LogP contribution is -2.30. The molecule has 132 valence electrons. The Labute approximate surface area is 143 Å². The van der Waals surface area contributed by atoms with E-state index in [9.17, 15) is 9.59 Å². The molecule has 0 saturated carbocycles. The number of primary amides is 1. The van der Waals surface area contributed by atoms with Crippen LogP contribution >= 0.6 is 0 Å². The molecule has 2 rings (SSSR count). The van der Waals surface area contributed by atoms with Gasteiger partial charge in [-0.15, -0.1) is 0 Å². The zero-order chi connectivity index (χ0) is 17.2. The Kier molecular flexibility index (Phi) is 7.39. The van der Waals surface area contributed by atoms with Crippen molar-refractivity contribution in [3.63, 3.8) is 0 Å². The van der Waals surface area contributed by atoms with E-state index >= 15 is 0 Å². The van der Waals surface area contributed by atoms with E-state index in [-0.39, 0.29) is 5.91 Å². The van der Waals surface area contributed by atoms with Crippen LogP contribution in [-0.2, 0) is 4.79 Å². The van der Waals surface area contributed by atoms with E-state index in [2.05, 4.69) is 27.7 Å².